The van der Waals surface area contributed by atoms with Crippen molar-refractivity contribution in [2.24, 2.45) is 0 Å². The lowest BCUT2D eigenvalue weighted by Crippen LogP contribution is -2.38. The number of nitrogens with zero attached hydrogens (tertiary/aromatic N) is 4. The molecule has 2 heterocycles. The van der Waals surface area contributed by atoms with Crippen LogP contribution in [-0.2, 0) is 17.8 Å². The number of carbonyl (C=O) groups is 1. The number of nitriles is 1. The molecule has 0 radical (unpaired) electrons. The highest BCUT2D eigenvalue weighted by Gasteiger charge is 2.25. The van der Waals surface area contributed by atoms with Crippen molar-refractivity contribution in [2.45, 2.75) is 19.4 Å². The number of amides is 1. The van der Waals surface area contributed by atoms with Crippen molar-refractivity contribution in [2.75, 3.05) is 13.1 Å². The van der Waals surface area contributed by atoms with Crippen LogP contribution in [0, 0.1) is 11.3 Å². The molecule has 0 bridgehead atoms. The molecule has 1 aliphatic rings. The molecule has 34 heavy (non-hydrogen) atoms. The minimum Gasteiger partial charge on any atom is -0.338 e. The molecule has 0 saturated heterocycles. The fourth-order valence-corrected chi connectivity index (χ4v) is 4.65. The molecule has 1 amide bonds. The van der Waals surface area contributed by atoms with Gasteiger partial charge in [0.2, 0.25) is 5.91 Å². The van der Waals surface area contributed by atoms with Gasteiger partial charge in [-0.25, -0.2) is 4.98 Å². The van der Waals surface area contributed by atoms with Crippen LogP contribution in [0.25, 0.3) is 16.3 Å². The molecule has 168 valence electrons. The van der Waals surface area contributed by atoms with E-state index in [0.29, 0.717) is 31.1 Å². The number of rotatable bonds is 5. The maximum Gasteiger partial charge on any atom is 0.228 e. The van der Waals surface area contributed by atoms with Crippen LogP contribution in [-0.4, -0.2) is 33.4 Å². The average Bonchev–Trinajstić information content (AvgIpc) is 3.30. The number of hydrogen-bond acceptors (Lipinski definition) is 3. The molecule has 0 spiro atoms. The molecule has 1 aliphatic heterocycles. The van der Waals surface area contributed by atoms with E-state index < -0.39 is 0 Å². The smallest absolute Gasteiger partial charge is 0.228 e. The number of imidazole rings is 1. The van der Waals surface area contributed by atoms with Crippen LogP contribution in [0.15, 0.2) is 84.8 Å². The summed E-state index contributed by atoms with van der Waals surface area (Å²) in [5, 5.41) is 12.7. The van der Waals surface area contributed by atoms with Gasteiger partial charge in [-0.1, -0.05) is 66.2 Å². The van der Waals surface area contributed by atoms with E-state index in [9.17, 15) is 10.1 Å². The average molecular weight is 467 g/mol. The fourth-order valence-electron chi connectivity index (χ4n) is 4.53. The van der Waals surface area contributed by atoms with Crippen LogP contribution in [0.5, 0.6) is 0 Å². The first-order valence-electron chi connectivity index (χ1n) is 11.2. The molecule has 0 aliphatic carbocycles. The van der Waals surface area contributed by atoms with Crippen molar-refractivity contribution in [3.63, 3.8) is 0 Å². The molecule has 1 aromatic heterocycles. The van der Waals surface area contributed by atoms with Crippen LogP contribution < -0.4 is 0 Å². The second kappa shape index (κ2) is 9.54. The van der Waals surface area contributed by atoms with E-state index in [0.717, 1.165) is 38.7 Å². The predicted octanol–water partition coefficient (Wildman–Crippen LogP) is 5.49. The van der Waals surface area contributed by atoms with Gasteiger partial charge in [-0.2, -0.15) is 5.26 Å². The lowest BCUT2D eigenvalue weighted by atomic mass is 9.91. The van der Waals surface area contributed by atoms with Crippen LogP contribution in [0.3, 0.4) is 0 Å². The fraction of sp³-hybridized carbons (Fsp3) is 0.179. The third kappa shape index (κ3) is 4.46. The largest absolute Gasteiger partial charge is 0.338 e. The molecule has 5 rings (SSSR count). The van der Waals surface area contributed by atoms with E-state index in [-0.39, 0.29) is 12.3 Å². The van der Waals surface area contributed by atoms with Gasteiger partial charge in [-0.3, -0.25) is 4.79 Å². The minimum atomic E-state index is 0.0348. The molecule has 5 nitrogen and oxygen atoms in total. The highest BCUT2D eigenvalue weighted by atomic mass is 35.5. The maximum atomic E-state index is 13.3. The van der Waals surface area contributed by atoms with E-state index in [2.05, 4.69) is 29.3 Å². The number of aromatic nitrogens is 2. The van der Waals surface area contributed by atoms with E-state index in [4.69, 9.17) is 11.6 Å². The van der Waals surface area contributed by atoms with Gasteiger partial charge in [0.15, 0.2) is 0 Å². The predicted molar refractivity (Wildman–Crippen MR) is 134 cm³/mol. The SMILES string of the molecule is N#CC1=C(c2cccc3ccccc23)CN(C(=O)Cc2cncn2Cc2ccc(Cl)cc2)CC1. The Morgan fingerprint density at radius 1 is 1.06 bits per heavy atom. The Morgan fingerprint density at radius 3 is 2.68 bits per heavy atom. The summed E-state index contributed by atoms with van der Waals surface area (Å²) >= 11 is 6.00. The first kappa shape index (κ1) is 21.9. The quantitative estimate of drug-likeness (QED) is 0.390. The van der Waals surface area contributed by atoms with Crippen LogP contribution in [0.2, 0.25) is 5.02 Å². The van der Waals surface area contributed by atoms with Crippen molar-refractivity contribution in [3.8, 4) is 6.07 Å². The summed E-state index contributed by atoms with van der Waals surface area (Å²) in [4.78, 5) is 19.4. The lowest BCUT2D eigenvalue weighted by molar-refractivity contribution is -0.130. The third-order valence-electron chi connectivity index (χ3n) is 6.34. The van der Waals surface area contributed by atoms with Crippen molar-refractivity contribution in [1.29, 1.82) is 5.26 Å². The zero-order valence-corrected chi connectivity index (χ0v) is 19.4. The number of halogens is 1. The first-order valence-corrected chi connectivity index (χ1v) is 11.6. The summed E-state index contributed by atoms with van der Waals surface area (Å²) in [6.07, 6.45) is 4.33. The highest BCUT2D eigenvalue weighted by Crippen LogP contribution is 2.32. The maximum absolute atomic E-state index is 13.3. The Hall–Kier alpha value is -3.88. The summed E-state index contributed by atoms with van der Waals surface area (Å²) in [5.74, 6) is 0.0348. The second-order valence-corrected chi connectivity index (χ2v) is 8.91. The first-order chi connectivity index (χ1) is 16.6. The van der Waals surface area contributed by atoms with Gasteiger partial charge in [0, 0.05) is 48.5 Å². The lowest BCUT2D eigenvalue weighted by Gasteiger charge is -2.30. The molecule has 0 fully saturated rings. The molecule has 0 saturated carbocycles. The Bertz CT molecular complexity index is 1420. The molecular weight excluding hydrogens is 444 g/mol. The van der Waals surface area contributed by atoms with Gasteiger partial charge >= 0.3 is 0 Å². The van der Waals surface area contributed by atoms with Crippen molar-refractivity contribution >= 4 is 33.9 Å². The molecular formula is C28H23ClN4O. The van der Waals surface area contributed by atoms with Gasteiger partial charge in [0.05, 0.1) is 18.8 Å². The monoisotopic (exact) mass is 466 g/mol. The normalized spacial score (nSPS) is 13.8. The van der Waals surface area contributed by atoms with E-state index in [1.165, 1.54) is 0 Å². The zero-order valence-electron chi connectivity index (χ0n) is 18.6. The number of benzene rings is 3. The summed E-state index contributed by atoms with van der Waals surface area (Å²) in [7, 11) is 0. The molecule has 6 heteroatoms. The van der Waals surface area contributed by atoms with E-state index in [1.807, 2.05) is 58.0 Å². The Balaban J connectivity index is 1.36. The third-order valence-corrected chi connectivity index (χ3v) is 6.60. The Labute approximate surface area is 203 Å². The molecule has 4 aromatic rings. The Morgan fingerprint density at radius 2 is 1.85 bits per heavy atom. The van der Waals surface area contributed by atoms with Gasteiger partial charge in [0.1, 0.15) is 0 Å². The van der Waals surface area contributed by atoms with Crippen LogP contribution >= 0.6 is 11.6 Å². The summed E-state index contributed by atoms with van der Waals surface area (Å²) in [6.45, 7) is 1.60. The Kier molecular flexibility index (Phi) is 6.16. The topological polar surface area (TPSA) is 61.9 Å². The zero-order chi connectivity index (χ0) is 23.5. The molecule has 0 unspecified atom stereocenters. The molecule has 0 N–H and O–H groups in total. The standard InChI is InChI=1S/C28H23ClN4O/c29-23-10-8-20(9-11-23)17-33-19-31-16-24(33)14-28(34)32-13-12-22(15-30)27(18-32)26-7-3-5-21-4-1-2-6-25(21)26/h1-11,16,19H,12-14,17-18H2. The van der Waals surface area contributed by atoms with Gasteiger partial charge in [-0.15, -0.1) is 0 Å². The van der Waals surface area contributed by atoms with Gasteiger partial charge in [0.25, 0.3) is 0 Å². The number of carbonyl (C=O) groups excluding carboxylic acids is 1. The highest BCUT2D eigenvalue weighted by molar-refractivity contribution is 6.30. The van der Waals surface area contributed by atoms with E-state index >= 15 is 0 Å². The van der Waals surface area contributed by atoms with Crippen molar-refractivity contribution < 1.29 is 4.79 Å². The molecule has 0 atom stereocenters. The van der Waals surface area contributed by atoms with E-state index in [1.54, 1.807) is 12.5 Å². The van der Waals surface area contributed by atoms with Gasteiger partial charge < -0.3 is 9.47 Å². The summed E-state index contributed by atoms with van der Waals surface area (Å²) in [5.41, 5.74) is 4.68. The van der Waals surface area contributed by atoms with Crippen LogP contribution in [0.4, 0.5) is 0 Å². The number of fused-ring (bicyclic) bond motifs is 1. The van der Waals surface area contributed by atoms with Crippen LogP contribution in [0.1, 0.15) is 23.2 Å². The van der Waals surface area contributed by atoms with Crippen molar-refractivity contribution in [1.82, 2.24) is 14.5 Å². The summed E-state index contributed by atoms with van der Waals surface area (Å²) < 4.78 is 1.99. The summed E-state index contributed by atoms with van der Waals surface area (Å²) in [6, 6.07) is 24.3. The molecule has 3 aromatic carbocycles. The van der Waals surface area contributed by atoms with Gasteiger partial charge in [-0.05, 0) is 39.6 Å². The second-order valence-electron chi connectivity index (χ2n) is 8.48. The van der Waals surface area contributed by atoms with Crippen molar-refractivity contribution in [3.05, 3.63) is 107 Å². The number of hydrogen-bond donors (Lipinski definition) is 0. The minimum absolute atomic E-state index is 0.0348.